The first-order valence-electron chi connectivity index (χ1n) is 23.7. The van der Waals surface area contributed by atoms with E-state index in [-0.39, 0.29) is 23.5 Å². The van der Waals surface area contributed by atoms with Crippen LogP contribution in [0.5, 0.6) is 5.75 Å². The van der Waals surface area contributed by atoms with Crippen LogP contribution in [0.2, 0.25) is 0 Å². The zero-order chi connectivity index (χ0) is 47.0. The number of benzene rings is 6. The molecule has 0 aliphatic heterocycles. The topological polar surface area (TPSA) is 9.23 Å². The fourth-order valence-electron chi connectivity index (χ4n) is 9.81. The first kappa shape index (κ1) is 48.5. The monoisotopic (exact) mass is 910 g/mol. The summed E-state index contributed by atoms with van der Waals surface area (Å²) in [6.07, 6.45) is 11.7. The standard InChI is InChI=1S/C57H58F8O/c1-4-7-9-11-13-15-28-56(29-16-14-12-10-8-5-2)47-30-39(42-33-50(59)54(51(60)34-42)57(64,65)66-43-35-52(61)55(63)53(62)36-43)23-26-45(47)46-27-24-41(31-48(46)56)44-25-22-40(32-49(44)58)38-20-18-37(17-6-3)19-21-38/h18-27,30-36H,4-17,28-29H2,1-3H3. The summed E-state index contributed by atoms with van der Waals surface area (Å²) in [4.78, 5) is 0. The molecule has 0 unspecified atom stereocenters. The zero-order valence-corrected chi connectivity index (χ0v) is 38.1. The second kappa shape index (κ2) is 21.5. The van der Waals surface area contributed by atoms with Gasteiger partial charge in [0.05, 0.1) is 0 Å². The molecule has 0 N–H and O–H groups in total. The summed E-state index contributed by atoms with van der Waals surface area (Å²) in [5, 5.41) is 0. The summed E-state index contributed by atoms with van der Waals surface area (Å²) in [6.45, 7) is 6.50. The highest BCUT2D eigenvalue weighted by atomic mass is 19.3. The maximum Gasteiger partial charge on any atom is 0.432 e. The molecule has 348 valence electrons. The third-order valence-electron chi connectivity index (χ3n) is 13.3. The Hall–Kier alpha value is -5.44. The van der Waals surface area contributed by atoms with Crippen LogP contribution >= 0.6 is 0 Å². The van der Waals surface area contributed by atoms with Gasteiger partial charge in [-0.3, -0.25) is 0 Å². The molecule has 0 saturated carbocycles. The number of ether oxygens (including phenoxy) is 1. The maximum absolute atomic E-state index is 16.3. The van der Waals surface area contributed by atoms with E-state index in [1.165, 1.54) is 5.56 Å². The van der Waals surface area contributed by atoms with Crippen LogP contribution in [0.1, 0.15) is 139 Å². The third-order valence-corrected chi connectivity index (χ3v) is 13.3. The van der Waals surface area contributed by atoms with E-state index in [9.17, 15) is 13.2 Å². The van der Waals surface area contributed by atoms with Crippen molar-refractivity contribution < 1.29 is 39.9 Å². The first-order chi connectivity index (χ1) is 31.8. The molecule has 0 bridgehead atoms. The van der Waals surface area contributed by atoms with Crippen LogP contribution in [-0.2, 0) is 17.9 Å². The molecular formula is C57H58F8O. The minimum absolute atomic E-state index is 0.00179. The van der Waals surface area contributed by atoms with E-state index in [1.54, 1.807) is 12.1 Å². The van der Waals surface area contributed by atoms with Crippen molar-refractivity contribution in [1.29, 1.82) is 0 Å². The number of unbranched alkanes of at least 4 members (excludes halogenated alkanes) is 10. The second-order valence-corrected chi connectivity index (χ2v) is 17.9. The lowest BCUT2D eigenvalue weighted by Crippen LogP contribution is -2.26. The van der Waals surface area contributed by atoms with Gasteiger partial charge >= 0.3 is 6.11 Å². The molecule has 0 amide bonds. The Labute approximate surface area is 384 Å². The van der Waals surface area contributed by atoms with Crippen molar-refractivity contribution in [3.63, 3.8) is 0 Å². The van der Waals surface area contributed by atoms with E-state index in [4.69, 9.17) is 0 Å². The van der Waals surface area contributed by atoms with Gasteiger partial charge in [0.2, 0.25) is 0 Å². The molecule has 0 radical (unpaired) electrons. The number of fused-ring (bicyclic) bond motifs is 3. The van der Waals surface area contributed by atoms with E-state index >= 15 is 22.0 Å². The smallest absolute Gasteiger partial charge is 0.429 e. The predicted octanol–water partition coefficient (Wildman–Crippen LogP) is 18.4. The molecule has 0 saturated heterocycles. The van der Waals surface area contributed by atoms with Gasteiger partial charge in [-0.1, -0.05) is 165 Å². The molecule has 6 aromatic rings. The van der Waals surface area contributed by atoms with Crippen LogP contribution < -0.4 is 4.74 Å². The molecular weight excluding hydrogens is 853 g/mol. The van der Waals surface area contributed by atoms with Crippen molar-refractivity contribution in [3.05, 3.63) is 160 Å². The lowest BCUT2D eigenvalue weighted by molar-refractivity contribution is -0.189. The summed E-state index contributed by atoms with van der Waals surface area (Å²) in [6, 6.07) is 27.2. The van der Waals surface area contributed by atoms with E-state index in [2.05, 4.69) is 43.7 Å². The summed E-state index contributed by atoms with van der Waals surface area (Å²) in [5.74, 6) is -10.3. The number of aryl methyl sites for hydroxylation is 1. The molecule has 7 rings (SSSR count). The highest BCUT2D eigenvalue weighted by Gasteiger charge is 2.44. The van der Waals surface area contributed by atoms with E-state index < -0.39 is 51.9 Å². The van der Waals surface area contributed by atoms with Crippen LogP contribution in [0.3, 0.4) is 0 Å². The van der Waals surface area contributed by atoms with Gasteiger partial charge in [-0.2, -0.15) is 8.78 Å². The van der Waals surface area contributed by atoms with Gasteiger partial charge in [0, 0.05) is 23.1 Å². The minimum atomic E-state index is -4.72. The van der Waals surface area contributed by atoms with Crippen molar-refractivity contribution in [1.82, 2.24) is 0 Å². The normalized spacial score (nSPS) is 13.0. The van der Waals surface area contributed by atoms with Crippen LogP contribution in [-0.4, -0.2) is 0 Å². The molecule has 0 spiro atoms. The van der Waals surface area contributed by atoms with Gasteiger partial charge in [-0.05, 0) is 105 Å². The molecule has 6 aromatic carbocycles. The van der Waals surface area contributed by atoms with E-state index in [0.29, 0.717) is 11.1 Å². The van der Waals surface area contributed by atoms with Crippen LogP contribution in [0.4, 0.5) is 35.1 Å². The van der Waals surface area contributed by atoms with Gasteiger partial charge in [0.1, 0.15) is 28.8 Å². The Morgan fingerprint density at radius 2 is 0.879 bits per heavy atom. The molecule has 1 aliphatic rings. The van der Waals surface area contributed by atoms with Gasteiger partial charge in [0.25, 0.3) is 0 Å². The fraction of sp³-hybridized carbons (Fsp3) is 0.368. The van der Waals surface area contributed by atoms with Crippen molar-refractivity contribution in [2.24, 2.45) is 0 Å². The number of hydrogen-bond acceptors (Lipinski definition) is 1. The molecule has 66 heavy (non-hydrogen) atoms. The Kier molecular flexibility index (Phi) is 15.8. The highest BCUT2D eigenvalue weighted by Crippen LogP contribution is 2.56. The maximum atomic E-state index is 16.3. The Morgan fingerprint density at radius 3 is 1.41 bits per heavy atom. The lowest BCUT2D eigenvalue weighted by atomic mass is 9.70. The third kappa shape index (κ3) is 10.6. The molecule has 1 nitrogen and oxygen atoms in total. The van der Waals surface area contributed by atoms with Crippen LogP contribution in [0.25, 0.3) is 44.5 Å². The van der Waals surface area contributed by atoms with E-state index in [1.807, 2.05) is 48.5 Å². The number of rotatable bonds is 22. The van der Waals surface area contributed by atoms with Crippen molar-refractivity contribution in [2.45, 2.75) is 135 Å². The van der Waals surface area contributed by atoms with Crippen molar-refractivity contribution in [3.8, 4) is 50.3 Å². The number of alkyl halides is 2. The van der Waals surface area contributed by atoms with Gasteiger partial charge < -0.3 is 4.74 Å². The second-order valence-electron chi connectivity index (χ2n) is 17.9. The van der Waals surface area contributed by atoms with Crippen LogP contribution in [0, 0.1) is 34.9 Å². The molecule has 0 fully saturated rings. The highest BCUT2D eigenvalue weighted by molar-refractivity contribution is 5.86. The molecule has 1 aliphatic carbocycles. The number of halogens is 8. The summed E-state index contributed by atoms with van der Waals surface area (Å²) in [5.41, 5.74) is 6.28. The zero-order valence-electron chi connectivity index (χ0n) is 38.1. The van der Waals surface area contributed by atoms with Crippen LogP contribution in [0.15, 0.2) is 103 Å². The average molecular weight is 911 g/mol. The summed E-state index contributed by atoms with van der Waals surface area (Å²) >= 11 is 0. The Morgan fingerprint density at radius 1 is 0.424 bits per heavy atom. The number of hydrogen-bond donors (Lipinski definition) is 0. The Bertz CT molecular complexity index is 2550. The van der Waals surface area contributed by atoms with Crippen molar-refractivity contribution >= 4 is 0 Å². The van der Waals surface area contributed by atoms with Gasteiger partial charge in [-0.25, -0.2) is 26.3 Å². The summed E-state index contributed by atoms with van der Waals surface area (Å²) in [7, 11) is 0. The minimum Gasteiger partial charge on any atom is -0.429 e. The van der Waals surface area contributed by atoms with Gasteiger partial charge in [-0.15, -0.1) is 0 Å². The fourth-order valence-corrected chi connectivity index (χ4v) is 9.81. The molecule has 0 aromatic heterocycles. The predicted molar refractivity (Wildman–Crippen MR) is 250 cm³/mol. The largest absolute Gasteiger partial charge is 0.432 e. The first-order valence-corrected chi connectivity index (χ1v) is 23.7. The quantitative estimate of drug-likeness (QED) is 0.0375. The lowest BCUT2D eigenvalue weighted by Gasteiger charge is -2.33. The molecule has 0 atom stereocenters. The summed E-state index contributed by atoms with van der Waals surface area (Å²) < 4.78 is 124. The van der Waals surface area contributed by atoms with Gasteiger partial charge in [0.15, 0.2) is 17.5 Å². The molecule has 9 heteroatoms. The van der Waals surface area contributed by atoms with Crippen molar-refractivity contribution in [2.75, 3.05) is 0 Å². The van der Waals surface area contributed by atoms with E-state index in [0.717, 1.165) is 154 Å². The molecule has 0 heterocycles. The SMILES string of the molecule is CCCCCCCCC1(CCCCCCCC)c2cc(-c3cc(F)c(C(F)(F)Oc4cc(F)c(F)c(F)c4)c(F)c3)ccc2-c2ccc(-c3ccc(-c4ccc(CCC)cc4)cc3F)cc21. The average Bonchev–Trinajstić information content (AvgIpc) is 3.55. The Balaban J connectivity index is 1.28.